The van der Waals surface area contributed by atoms with Crippen LogP contribution in [0.1, 0.15) is 11.3 Å². The number of aromatic nitrogens is 2. The molecule has 2 rings (SSSR count). The Morgan fingerprint density at radius 1 is 1.47 bits per heavy atom. The third kappa shape index (κ3) is 2.15. The summed E-state index contributed by atoms with van der Waals surface area (Å²) in [6, 6.07) is 5.92. The molecule has 1 aromatic carbocycles. The van der Waals surface area contributed by atoms with Crippen molar-refractivity contribution in [1.29, 1.82) is 0 Å². The maximum atomic E-state index is 13.8. The van der Waals surface area contributed by atoms with E-state index in [4.69, 9.17) is 0 Å². The maximum absolute atomic E-state index is 13.8. The third-order valence-electron chi connectivity index (χ3n) is 2.50. The van der Waals surface area contributed by atoms with Gasteiger partial charge in [-0.15, -0.1) is 0 Å². The highest BCUT2D eigenvalue weighted by atomic mass is 19.1. The van der Waals surface area contributed by atoms with Gasteiger partial charge in [-0.3, -0.25) is 14.8 Å². The SMILES string of the molecule is Cc1ccnn1Cc1cccc([N+](=O)[O-])c1F. The molecule has 5 nitrogen and oxygen atoms in total. The number of aryl methyl sites for hydroxylation is 1. The molecule has 0 saturated carbocycles. The van der Waals surface area contributed by atoms with Crippen molar-refractivity contribution in [3.8, 4) is 0 Å². The van der Waals surface area contributed by atoms with Crippen molar-refractivity contribution in [2.45, 2.75) is 13.5 Å². The summed E-state index contributed by atoms with van der Waals surface area (Å²) in [6.07, 6.45) is 1.60. The van der Waals surface area contributed by atoms with Crippen LogP contribution in [0.4, 0.5) is 10.1 Å². The molecule has 0 aliphatic carbocycles. The van der Waals surface area contributed by atoms with E-state index in [2.05, 4.69) is 5.10 Å². The molecular weight excluding hydrogens is 225 g/mol. The van der Waals surface area contributed by atoms with E-state index < -0.39 is 16.4 Å². The molecule has 0 aliphatic heterocycles. The van der Waals surface area contributed by atoms with E-state index in [1.165, 1.54) is 12.1 Å². The molecular formula is C11H10FN3O2. The smallest absolute Gasteiger partial charge is 0.265 e. The summed E-state index contributed by atoms with van der Waals surface area (Å²) in [6.45, 7) is 2.02. The summed E-state index contributed by atoms with van der Waals surface area (Å²) in [5, 5.41) is 14.6. The minimum atomic E-state index is -0.799. The zero-order valence-corrected chi connectivity index (χ0v) is 9.13. The Kier molecular flexibility index (Phi) is 2.86. The fraction of sp³-hybridized carbons (Fsp3) is 0.182. The van der Waals surface area contributed by atoms with Gasteiger partial charge in [0.2, 0.25) is 5.82 Å². The van der Waals surface area contributed by atoms with Crippen LogP contribution in [0.25, 0.3) is 0 Å². The van der Waals surface area contributed by atoms with E-state index in [1.54, 1.807) is 16.9 Å². The molecule has 0 saturated heterocycles. The molecule has 0 radical (unpaired) electrons. The summed E-state index contributed by atoms with van der Waals surface area (Å²) >= 11 is 0. The Morgan fingerprint density at radius 3 is 2.82 bits per heavy atom. The number of nitrogens with zero attached hydrogens (tertiary/aromatic N) is 3. The first-order valence-electron chi connectivity index (χ1n) is 5.00. The highest BCUT2D eigenvalue weighted by molar-refractivity contribution is 5.36. The number of halogens is 1. The van der Waals surface area contributed by atoms with Crippen LogP contribution in [0.3, 0.4) is 0 Å². The fourth-order valence-corrected chi connectivity index (χ4v) is 1.56. The monoisotopic (exact) mass is 235 g/mol. The van der Waals surface area contributed by atoms with Crippen molar-refractivity contribution in [1.82, 2.24) is 9.78 Å². The van der Waals surface area contributed by atoms with Gasteiger partial charge in [0.05, 0.1) is 11.5 Å². The first-order valence-corrected chi connectivity index (χ1v) is 5.00. The molecule has 0 N–H and O–H groups in total. The van der Waals surface area contributed by atoms with Crippen LogP contribution in [0.2, 0.25) is 0 Å². The molecule has 6 heteroatoms. The Balaban J connectivity index is 2.37. The van der Waals surface area contributed by atoms with Gasteiger partial charge in [-0.2, -0.15) is 9.49 Å². The van der Waals surface area contributed by atoms with E-state index in [9.17, 15) is 14.5 Å². The number of benzene rings is 1. The van der Waals surface area contributed by atoms with E-state index in [-0.39, 0.29) is 12.1 Å². The van der Waals surface area contributed by atoms with E-state index in [0.717, 1.165) is 11.8 Å². The molecule has 0 unspecified atom stereocenters. The first kappa shape index (κ1) is 11.3. The van der Waals surface area contributed by atoms with Crippen LogP contribution in [-0.2, 0) is 6.54 Å². The summed E-state index contributed by atoms with van der Waals surface area (Å²) in [5.74, 6) is -0.799. The largest absolute Gasteiger partial charge is 0.305 e. The number of hydrogen-bond donors (Lipinski definition) is 0. The van der Waals surface area contributed by atoms with E-state index >= 15 is 0 Å². The van der Waals surface area contributed by atoms with Crippen molar-refractivity contribution >= 4 is 5.69 Å². The van der Waals surface area contributed by atoms with Crippen LogP contribution >= 0.6 is 0 Å². The average molecular weight is 235 g/mol. The van der Waals surface area contributed by atoms with Gasteiger partial charge in [-0.05, 0) is 13.0 Å². The molecule has 17 heavy (non-hydrogen) atoms. The van der Waals surface area contributed by atoms with Gasteiger partial charge in [-0.1, -0.05) is 12.1 Å². The minimum Gasteiger partial charge on any atom is -0.265 e. The molecule has 0 bridgehead atoms. The molecule has 1 heterocycles. The normalized spacial score (nSPS) is 10.5. The standard InChI is InChI=1S/C11H10FN3O2/c1-8-5-6-13-14(8)7-9-3-2-4-10(11(9)12)15(16)17/h2-6H,7H2,1H3. The maximum Gasteiger partial charge on any atom is 0.305 e. The van der Waals surface area contributed by atoms with E-state index in [1.807, 2.05) is 6.92 Å². The second kappa shape index (κ2) is 4.32. The predicted molar refractivity (Wildman–Crippen MR) is 59.1 cm³/mol. The lowest BCUT2D eigenvalue weighted by atomic mass is 10.2. The minimum absolute atomic E-state index is 0.187. The van der Waals surface area contributed by atoms with Gasteiger partial charge in [0.15, 0.2) is 0 Å². The summed E-state index contributed by atoms with van der Waals surface area (Å²) < 4.78 is 15.3. The zero-order valence-electron chi connectivity index (χ0n) is 9.13. The summed E-state index contributed by atoms with van der Waals surface area (Å²) in [7, 11) is 0. The molecule has 88 valence electrons. The number of nitro groups is 1. The van der Waals surface area contributed by atoms with E-state index in [0.29, 0.717) is 0 Å². The number of rotatable bonds is 3. The van der Waals surface area contributed by atoms with Crippen LogP contribution in [0.15, 0.2) is 30.5 Å². The second-order valence-corrected chi connectivity index (χ2v) is 3.64. The Morgan fingerprint density at radius 2 is 2.24 bits per heavy atom. The van der Waals surface area contributed by atoms with Crippen molar-refractivity contribution in [2.24, 2.45) is 0 Å². The quantitative estimate of drug-likeness (QED) is 0.605. The molecule has 0 atom stereocenters. The fourth-order valence-electron chi connectivity index (χ4n) is 1.56. The molecule has 2 aromatic rings. The topological polar surface area (TPSA) is 61.0 Å². The highest BCUT2D eigenvalue weighted by Crippen LogP contribution is 2.20. The average Bonchev–Trinajstić information content (AvgIpc) is 2.67. The summed E-state index contributed by atoms with van der Waals surface area (Å²) in [5.41, 5.74) is 0.620. The molecule has 0 fully saturated rings. The first-order chi connectivity index (χ1) is 8.09. The van der Waals surface area contributed by atoms with Crippen LogP contribution in [-0.4, -0.2) is 14.7 Å². The molecule has 1 aromatic heterocycles. The van der Waals surface area contributed by atoms with Gasteiger partial charge in [0.1, 0.15) is 0 Å². The predicted octanol–water partition coefficient (Wildman–Crippen LogP) is 2.29. The van der Waals surface area contributed by atoms with Gasteiger partial charge in [0.25, 0.3) is 0 Å². The molecule has 0 aliphatic rings. The Bertz CT molecular complexity index is 566. The Labute approximate surface area is 96.6 Å². The lowest BCUT2D eigenvalue weighted by Crippen LogP contribution is -2.06. The van der Waals surface area contributed by atoms with Crippen molar-refractivity contribution in [3.63, 3.8) is 0 Å². The van der Waals surface area contributed by atoms with Gasteiger partial charge < -0.3 is 0 Å². The van der Waals surface area contributed by atoms with Crippen LogP contribution < -0.4 is 0 Å². The third-order valence-corrected chi connectivity index (χ3v) is 2.50. The second-order valence-electron chi connectivity index (χ2n) is 3.64. The highest BCUT2D eigenvalue weighted by Gasteiger charge is 2.17. The Hall–Kier alpha value is -2.24. The van der Waals surface area contributed by atoms with Crippen LogP contribution in [0, 0.1) is 22.9 Å². The number of nitro benzene ring substituents is 1. The molecule has 0 amide bonds. The van der Waals surface area contributed by atoms with Crippen molar-refractivity contribution in [3.05, 3.63) is 57.7 Å². The summed E-state index contributed by atoms with van der Waals surface area (Å²) in [4.78, 5) is 9.86. The van der Waals surface area contributed by atoms with Crippen molar-refractivity contribution in [2.75, 3.05) is 0 Å². The van der Waals surface area contributed by atoms with Crippen molar-refractivity contribution < 1.29 is 9.31 Å². The van der Waals surface area contributed by atoms with Gasteiger partial charge in [-0.25, -0.2) is 0 Å². The molecule has 0 spiro atoms. The van der Waals surface area contributed by atoms with Gasteiger partial charge >= 0.3 is 5.69 Å². The van der Waals surface area contributed by atoms with Crippen LogP contribution in [0.5, 0.6) is 0 Å². The lowest BCUT2D eigenvalue weighted by molar-refractivity contribution is -0.387. The van der Waals surface area contributed by atoms with Gasteiger partial charge in [0, 0.05) is 23.5 Å². The lowest BCUT2D eigenvalue weighted by Gasteiger charge is -2.05. The number of hydrogen-bond acceptors (Lipinski definition) is 3. The zero-order chi connectivity index (χ0) is 12.4.